The molecule has 1 atom stereocenters. The summed E-state index contributed by atoms with van der Waals surface area (Å²) >= 11 is 0. The first-order chi connectivity index (χ1) is 11.0. The van der Waals surface area contributed by atoms with Gasteiger partial charge in [-0.15, -0.1) is 0 Å². The zero-order chi connectivity index (χ0) is 16.9. The van der Waals surface area contributed by atoms with Gasteiger partial charge in [-0.25, -0.2) is 13.1 Å². The maximum atomic E-state index is 12.4. The van der Waals surface area contributed by atoms with Crippen LogP contribution in [0.15, 0.2) is 60.0 Å². The minimum absolute atomic E-state index is 0.271. The van der Waals surface area contributed by atoms with Crippen molar-refractivity contribution in [3.63, 3.8) is 0 Å². The van der Waals surface area contributed by atoms with E-state index in [2.05, 4.69) is 25.1 Å². The Morgan fingerprint density at radius 3 is 2.22 bits per heavy atom. The predicted molar refractivity (Wildman–Crippen MR) is 95.7 cm³/mol. The molecule has 0 saturated heterocycles. The van der Waals surface area contributed by atoms with Crippen LogP contribution in [0, 0.1) is 0 Å². The van der Waals surface area contributed by atoms with Gasteiger partial charge in [0.1, 0.15) is 0 Å². The number of benzene rings is 2. The highest BCUT2D eigenvalue weighted by Gasteiger charge is 2.14. The lowest BCUT2D eigenvalue weighted by Gasteiger charge is -2.11. The summed E-state index contributed by atoms with van der Waals surface area (Å²) in [5.74, 6) is 0.433. The number of nitrogens with one attached hydrogen (secondary N) is 1. The van der Waals surface area contributed by atoms with Crippen molar-refractivity contribution >= 4 is 16.1 Å². The van der Waals surface area contributed by atoms with E-state index in [1.807, 2.05) is 36.4 Å². The minimum Gasteiger partial charge on any atom is -0.207 e. The third-order valence-corrected chi connectivity index (χ3v) is 5.47. The largest absolute Gasteiger partial charge is 0.240 e. The van der Waals surface area contributed by atoms with Crippen LogP contribution in [0.2, 0.25) is 0 Å². The summed E-state index contributed by atoms with van der Waals surface area (Å²) in [5, 5.41) is 0. The van der Waals surface area contributed by atoms with E-state index in [-0.39, 0.29) is 6.54 Å². The molecule has 0 aliphatic heterocycles. The third-order valence-electron chi connectivity index (χ3n) is 4.05. The van der Waals surface area contributed by atoms with Gasteiger partial charge in [0.25, 0.3) is 0 Å². The third kappa shape index (κ3) is 4.53. The second kappa shape index (κ2) is 7.57. The summed E-state index contributed by atoms with van der Waals surface area (Å²) in [7, 11) is -3.49. The van der Waals surface area contributed by atoms with Crippen LogP contribution in [0.1, 0.15) is 42.9 Å². The van der Waals surface area contributed by atoms with Gasteiger partial charge in [0.15, 0.2) is 0 Å². The predicted octanol–water partition coefficient (Wildman–Crippen LogP) is 4.32. The van der Waals surface area contributed by atoms with Gasteiger partial charge in [-0.05, 0) is 41.2 Å². The summed E-state index contributed by atoms with van der Waals surface area (Å²) < 4.78 is 27.3. The number of hydrogen-bond acceptors (Lipinski definition) is 2. The highest BCUT2D eigenvalue weighted by molar-refractivity contribution is 7.89. The Labute approximate surface area is 139 Å². The number of hydrogen-bond donors (Lipinski definition) is 1. The number of sulfonamides is 1. The maximum Gasteiger partial charge on any atom is 0.240 e. The highest BCUT2D eigenvalue weighted by atomic mass is 32.2. The molecule has 0 aromatic heterocycles. The van der Waals surface area contributed by atoms with Crippen LogP contribution in [0.4, 0.5) is 0 Å². The minimum atomic E-state index is -3.49. The molecule has 0 radical (unpaired) electrons. The average molecular weight is 329 g/mol. The van der Waals surface area contributed by atoms with Crippen molar-refractivity contribution in [1.82, 2.24) is 4.72 Å². The van der Waals surface area contributed by atoms with Crippen LogP contribution < -0.4 is 4.72 Å². The summed E-state index contributed by atoms with van der Waals surface area (Å²) in [6.07, 6.45) is 2.79. The van der Waals surface area contributed by atoms with Crippen molar-refractivity contribution in [2.24, 2.45) is 0 Å². The molecule has 0 aliphatic carbocycles. The van der Waals surface area contributed by atoms with Gasteiger partial charge in [-0.2, -0.15) is 0 Å². The van der Waals surface area contributed by atoms with E-state index >= 15 is 0 Å². The summed E-state index contributed by atoms with van der Waals surface area (Å²) in [6, 6.07) is 14.7. The quantitative estimate of drug-likeness (QED) is 0.822. The monoisotopic (exact) mass is 329 g/mol. The van der Waals surface area contributed by atoms with Gasteiger partial charge in [0.2, 0.25) is 10.0 Å². The zero-order valence-electron chi connectivity index (χ0n) is 13.6. The van der Waals surface area contributed by atoms with E-state index in [4.69, 9.17) is 0 Å². The van der Waals surface area contributed by atoms with Crippen molar-refractivity contribution in [2.45, 2.75) is 37.6 Å². The van der Waals surface area contributed by atoms with E-state index < -0.39 is 10.0 Å². The van der Waals surface area contributed by atoms with Crippen molar-refractivity contribution in [2.75, 3.05) is 0 Å². The van der Waals surface area contributed by atoms with Crippen LogP contribution in [0.5, 0.6) is 0 Å². The van der Waals surface area contributed by atoms with Gasteiger partial charge >= 0.3 is 0 Å². The molecule has 23 heavy (non-hydrogen) atoms. The lowest BCUT2D eigenvalue weighted by atomic mass is 9.99. The molecule has 3 nitrogen and oxygen atoms in total. The molecular formula is C19H23NO2S. The fourth-order valence-corrected chi connectivity index (χ4v) is 3.26. The Bertz CT molecular complexity index is 747. The first-order valence-electron chi connectivity index (χ1n) is 7.77. The standard InChI is InChI=1S/C19H23NO2S/c1-4-15(3)18-10-12-19(13-11-18)23(21,22)20-14-17-8-6-16(5-2)7-9-17/h5-13,15,20H,2,4,14H2,1,3H3. The van der Waals surface area contributed by atoms with E-state index in [1.54, 1.807) is 18.2 Å². The normalized spacial score (nSPS) is 12.8. The molecule has 0 bridgehead atoms. The molecule has 0 fully saturated rings. The Morgan fingerprint density at radius 1 is 1.09 bits per heavy atom. The molecule has 0 amide bonds. The van der Waals surface area contributed by atoms with Crippen LogP contribution >= 0.6 is 0 Å². The van der Waals surface area contributed by atoms with Gasteiger partial charge in [-0.1, -0.05) is 62.9 Å². The lowest BCUT2D eigenvalue weighted by molar-refractivity contribution is 0.581. The van der Waals surface area contributed by atoms with Crippen LogP contribution in [-0.4, -0.2) is 8.42 Å². The molecule has 0 saturated carbocycles. The Kier molecular flexibility index (Phi) is 5.74. The Balaban J connectivity index is 2.07. The molecule has 122 valence electrons. The van der Waals surface area contributed by atoms with Gasteiger partial charge in [-0.3, -0.25) is 0 Å². The van der Waals surface area contributed by atoms with Crippen LogP contribution in [0.3, 0.4) is 0 Å². The Hall–Kier alpha value is -1.91. The molecule has 1 unspecified atom stereocenters. The van der Waals surface area contributed by atoms with E-state index in [9.17, 15) is 8.42 Å². The van der Waals surface area contributed by atoms with Gasteiger partial charge in [0, 0.05) is 6.54 Å². The highest BCUT2D eigenvalue weighted by Crippen LogP contribution is 2.20. The smallest absolute Gasteiger partial charge is 0.207 e. The molecule has 1 N–H and O–H groups in total. The first kappa shape index (κ1) is 17.4. The summed E-state index contributed by atoms with van der Waals surface area (Å²) in [5.41, 5.74) is 3.08. The molecular weight excluding hydrogens is 306 g/mol. The molecule has 2 rings (SSSR count). The SMILES string of the molecule is C=Cc1ccc(CNS(=O)(=O)c2ccc(C(C)CC)cc2)cc1. The average Bonchev–Trinajstić information content (AvgIpc) is 2.60. The van der Waals surface area contributed by atoms with Gasteiger partial charge < -0.3 is 0 Å². The molecule has 4 heteroatoms. The topological polar surface area (TPSA) is 46.2 Å². The van der Waals surface area contributed by atoms with Crippen LogP contribution in [0.25, 0.3) is 6.08 Å². The maximum absolute atomic E-state index is 12.4. The molecule has 2 aromatic carbocycles. The van der Waals surface area contributed by atoms with Crippen molar-refractivity contribution in [1.29, 1.82) is 0 Å². The van der Waals surface area contributed by atoms with Gasteiger partial charge in [0.05, 0.1) is 4.90 Å². The second-order valence-corrected chi connectivity index (χ2v) is 7.42. The van der Waals surface area contributed by atoms with Crippen LogP contribution in [-0.2, 0) is 16.6 Å². The van der Waals surface area contributed by atoms with E-state index in [1.165, 1.54) is 0 Å². The van der Waals surface area contributed by atoms with E-state index in [0.717, 1.165) is 23.1 Å². The fourth-order valence-electron chi connectivity index (χ4n) is 2.24. The van der Waals surface area contributed by atoms with Crippen molar-refractivity contribution in [3.05, 3.63) is 71.8 Å². The molecule has 2 aromatic rings. The van der Waals surface area contributed by atoms with Crippen molar-refractivity contribution in [3.8, 4) is 0 Å². The molecule has 0 heterocycles. The first-order valence-corrected chi connectivity index (χ1v) is 9.25. The zero-order valence-corrected chi connectivity index (χ0v) is 14.4. The number of rotatable bonds is 7. The van der Waals surface area contributed by atoms with Crippen molar-refractivity contribution < 1.29 is 8.42 Å². The lowest BCUT2D eigenvalue weighted by Crippen LogP contribution is -2.23. The summed E-state index contributed by atoms with van der Waals surface area (Å²) in [4.78, 5) is 0.298. The molecule has 0 spiro atoms. The second-order valence-electron chi connectivity index (χ2n) is 5.65. The summed E-state index contributed by atoms with van der Waals surface area (Å²) in [6.45, 7) is 8.22. The van der Waals surface area contributed by atoms with E-state index in [0.29, 0.717) is 10.8 Å². The molecule has 0 aliphatic rings. The fraction of sp³-hybridized carbons (Fsp3) is 0.263. The Morgan fingerprint density at radius 2 is 1.70 bits per heavy atom.